The van der Waals surface area contributed by atoms with Crippen LogP contribution in [0.3, 0.4) is 0 Å². The van der Waals surface area contributed by atoms with Crippen molar-refractivity contribution in [1.29, 1.82) is 0 Å². The summed E-state index contributed by atoms with van der Waals surface area (Å²) in [5.74, 6) is 1.55. The molecule has 1 aliphatic heterocycles. The van der Waals surface area contributed by atoms with E-state index in [-0.39, 0.29) is 5.54 Å². The van der Waals surface area contributed by atoms with Crippen LogP contribution in [-0.2, 0) is 0 Å². The summed E-state index contributed by atoms with van der Waals surface area (Å²) in [6.45, 7) is 11.1. The first-order valence-corrected chi connectivity index (χ1v) is 7.09. The van der Waals surface area contributed by atoms with E-state index in [4.69, 9.17) is 4.74 Å². The van der Waals surface area contributed by atoms with Gasteiger partial charge in [-0.2, -0.15) is 0 Å². The Morgan fingerprint density at radius 1 is 1.37 bits per heavy atom. The van der Waals surface area contributed by atoms with Gasteiger partial charge < -0.3 is 15.0 Å². The number of rotatable bonds is 3. The molecule has 1 saturated heterocycles. The predicted octanol–water partition coefficient (Wildman–Crippen LogP) is 2.91. The lowest BCUT2D eigenvalue weighted by atomic mass is 9.92. The first-order valence-electron chi connectivity index (χ1n) is 7.09. The van der Waals surface area contributed by atoms with E-state index < -0.39 is 0 Å². The fourth-order valence-electron chi connectivity index (χ4n) is 2.76. The Balaban J connectivity index is 2.30. The van der Waals surface area contributed by atoms with Gasteiger partial charge in [-0.3, -0.25) is 0 Å². The second kappa shape index (κ2) is 5.41. The standard InChI is InChI=1S/C16H26N2O/c1-12(2)15-10-17-16(3,4)11-18(15)13-7-6-8-14(9-13)19-5/h6-9,12,15,17H,10-11H2,1-5H3. The van der Waals surface area contributed by atoms with Crippen molar-refractivity contribution < 1.29 is 4.74 Å². The summed E-state index contributed by atoms with van der Waals surface area (Å²) in [5.41, 5.74) is 1.40. The second-order valence-corrected chi connectivity index (χ2v) is 6.41. The summed E-state index contributed by atoms with van der Waals surface area (Å²) < 4.78 is 5.35. The highest BCUT2D eigenvalue weighted by molar-refractivity contribution is 5.52. The number of hydrogen-bond acceptors (Lipinski definition) is 3. The SMILES string of the molecule is COc1cccc(N2CC(C)(C)NCC2C(C)C)c1. The number of nitrogens with zero attached hydrogens (tertiary/aromatic N) is 1. The highest BCUT2D eigenvalue weighted by atomic mass is 16.5. The molecule has 1 aromatic carbocycles. The number of ether oxygens (including phenoxy) is 1. The molecule has 1 unspecified atom stereocenters. The van der Waals surface area contributed by atoms with Crippen LogP contribution in [-0.4, -0.2) is 31.8 Å². The van der Waals surface area contributed by atoms with Crippen LogP contribution >= 0.6 is 0 Å². The van der Waals surface area contributed by atoms with E-state index in [1.54, 1.807) is 7.11 Å². The van der Waals surface area contributed by atoms with Crippen molar-refractivity contribution in [2.24, 2.45) is 5.92 Å². The average Bonchev–Trinajstić information content (AvgIpc) is 2.37. The van der Waals surface area contributed by atoms with Gasteiger partial charge in [0, 0.05) is 36.4 Å². The molecule has 3 heteroatoms. The normalized spacial score (nSPS) is 22.6. The lowest BCUT2D eigenvalue weighted by Crippen LogP contribution is -2.63. The molecule has 1 heterocycles. The zero-order valence-corrected chi connectivity index (χ0v) is 12.7. The molecule has 2 rings (SSSR count). The fraction of sp³-hybridized carbons (Fsp3) is 0.625. The molecule has 0 aliphatic carbocycles. The van der Waals surface area contributed by atoms with Crippen LogP contribution in [0.5, 0.6) is 5.75 Å². The number of benzene rings is 1. The minimum atomic E-state index is 0.147. The monoisotopic (exact) mass is 262 g/mol. The number of hydrogen-bond donors (Lipinski definition) is 1. The average molecular weight is 262 g/mol. The largest absolute Gasteiger partial charge is 0.497 e. The topological polar surface area (TPSA) is 24.5 Å². The van der Waals surface area contributed by atoms with Gasteiger partial charge in [-0.05, 0) is 31.9 Å². The van der Waals surface area contributed by atoms with Crippen molar-refractivity contribution in [2.75, 3.05) is 25.1 Å². The number of piperazine rings is 1. The Morgan fingerprint density at radius 3 is 2.74 bits per heavy atom. The third kappa shape index (κ3) is 3.21. The van der Waals surface area contributed by atoms with E-state index in [0.717, 1.165) is 18.8 Å². The molecule has 1 atom stereocenters. The lowest BCUT2D eigenvalue weighted by Gasteiger charge is -2.47. The van der Waals surface area contributed by atoms with Gasteiger partial charge in [0.05, 0.1) is 7.11 Å². The molecule has 1 fully saturated rings. The first kappa shape index (κ1) is 14.2. The predicted molar refractivity (Wildman–Crippen MR) is 81.0 cm³/mol. The molecule has 1 aliphatic rings. The van der Waals surface area contributed by atoms with Crippen molar-refractivity contribution in [3.8, 4) is 5.75 Å². The van der Waals surface area contributed by atoms with Gasteiger partial charge >= 0.3 is 0 Å². The van der Waals surface area contributed by atoms with Gasteiger partial charge in [0.25, 0.3) is 0 Å². The molecule has 0 aromatic heterocycles. The Morgan fingerprint density at radius 2 is 2.11 bits per heavy atom. The molecule has 1 N–H and O–H groups in total. The van der Waals surface area contributed by atoms with Gasteiger partial charge in [-0.1, -0.05) is 19.9 Å². The molecular weight excluding hydrogens is 236 g/mol. The minimum absolute atomic E-state index is 0.147. The maximum atomic E-state index is 5.35. The molecule has 0 spiro atoms. The third-order valence-electron chi connectivity index (χ3n) is 3.91. The zero-order valence-electron chi connectivity index (χ0n) is 12.7. The van der Waals surface area contributed by atoms with Crippen LogP contribution in [0.4, 0.5) is 5.69 Å². The van der Waals surface area contributed by atoms with Crippen molar-refractivity contribution >= 4 is 5.69 Å². The Bertz CT molecular complexity index is 429. The fourth-order valence-corrected chi connectivity index (χ4v) is 2.76. The van der Waals surface area contributed by atoms with Gasteiger partial charge in [-0.15, -0.1) is 0 Å². The molecule has 1 aromatic rings. The van der Waals surface area contributed by atoms with Gasteiger partial charge in [0.2, 0.25) is 0 Å². The van der Waals surface area contributed by atoms with Crippen LogP contribution < -0.4 is 15.0 Å². The van der Waals surface area contributed by atoms with E-state index in [0.29, 0.717) is 12.0 Å². The molecule has 0 bridgehead atoms. The van der Waals surface area contributed by atoms with E-state index in [1.165, 1.54) is 5.69 Å². The second-order valence-electron chi connectivity index (χ2n) is 6.41. The molecule has 0 radical (unpaired) electrons. The highest BCUT2D eigenvalue weighted by Crippen LogP contribution is 2.29. The van der Waals surface area contributed by atoms with Crippen LogP contribution in [0.15, 0.2) is 24.3 Å². The van der Waals surface area contributed by atoms with Crippen molar-refractivity contribution in [3.63, 3.8) is 0 Å². The summed E-state index contributed by atoms with van der Waals surface area (Å²) in [5, 5.41) is 3.65. The summed E-state index contributed by atoms with van der Waals surface area (Å²) in [4.78, 5) is 2.52. The minimum Gasteiger partial charge on any atom is -0.497 e. The van der Waals surface area contributed by atoms with E-state index in [9.17, 15) is 0 Å². The smallest absolute Gasteiger partial charge is 0.120 e. The molecular formula is C16H26N2O. The highest BCUT2D eigenvalue weighted by Gasteiger charge is 2.34. The molecule has 106 valence electrons. The maximum absolute atomic E-state index is 5.35. The number of anilines is 1. The van der Waals surface area contributed by atoms with Gasteiger partial charge in [0.15, 0.2) is 0 Å². The molecule has 3 nitrogen and oxygen atoms in total. The summed E-state index contributed by atoms with van der Waals surface area (Å²) >= 11 is 0. The Kier molecular flexibility index (Phi) is 4.04. The van der Waals surface area contributed by atoms with E-state index >= 15 is 0 Å². The number of methoxy groups -OCH3 is 1. The Labute approximate surface area is 116 Å². The summed E-state index contributed by atoms with van der Waals surface area (Å²) in [6, 6.07) is 8.91. The molecule has 0 saturated carbocycles. The number of nitrogens with one attached hydrogen (secondary N) is 1. The Hall–Kier alpha value is -1.22. The van der Waals surface area contributed by atoms with Crippen molar-refractivity contribution in [3.05, 3.63) is 24.3 Å². The van der Waals surface area contributed by atoms with Crippen LogP contribution in [0.1, 0.15) is 27.7 Å². The quantitative estimate of drug-likeness (QED) is 0.906. The van der Waals surface area contributed by atoms with Gasteiger partial charge in [-0.25, -0.2) is 0 Å². The van der Waals surface area contributed by atoms with Crippen LogP contribution in [0.25, 0.3) is 0 Å². The molecule has 0 amide bonds. The van der Waals surface area contributed by atoms with Crippen molar-refractivity contribution in [2.45, 2.75) is 39.3 Å². The van der Waals surface area contributed by atoms with Gasteiger partial charge in [0.1, 0.15) is 5.75 Å². The summed E-state index contributed by atoms with van der Waals surface area (Å²) in [6.07, 6.45) is 0. The zero-order chi connectivity index (χ0) is 14.0. The first-order chi connectivity index (χ1) is 8.93. The van der Waals surface area contributed by atoms with E-state index in [2.05, 4.69) is 56.1 Å². The lowest BCUT2D eigenvalue weighted by molar-refractivity contribution is 0.277. The van der Waals surface area contributed by atoms with Crippen molar-refractivity contribution in [1.82, 2.24) is 5.32 Å². The third-order valence-corrected chi connectivity index (χ3v) is 3.91. The van der Waals surface area contributed by atoms with Crippen LogP contribution in [0.2, 0.25) is 0 Å². The summed E-state index contributed by atoms with van der Waals surface area (Å²) in [7, 11) is 1.72. The van der Waals surface area contributed by atoms with Crippen LogP contribution in [0, 0.1) is 5.92 Å². The maximum Gasteiger partial charge on any atom is 0.120 e. The van der Waals surface area contributed by atoms with E-state index in [1.807, 2.05) is 6.07 Å². The molecule has 19 heavy (non-hydrogen) atoms.